The molecule has 0 aromatic rings. The molecule has 0 unspecified atom stereocenters. The molecule has 0 saturated heterocycles. The van der Waals surface area contributed by atoms with E-state index in [4.69, 9.17) is 18.5 Å². The first-order valence-electron chi connectivity index (χ1n) is 20.2. The predicted octanol–water partition coefficient (Wildman–Crippen LogP) is 10.4. The summed E-state index contributed by atoms with van der Waals surface area (Å²) < 4.78 is 31.6. The zero-order valence-electron chi connectivity index (χ0n) is 33.6. The highest BCUT2D eigenvalue weighted by atomic mass is 31.2. The lowest BCUT2D eigenvalue weighted by atomic mass is 10.2. The number of allylic oxidation sites excluding steroid dienone is 16. The molecule has 0 saturated carbocycles. The maximum absolute atomic E-state index is 12.1. The van der Waals surface area contributed by atoms with Gasteiger partial charge in [-0.2, -0.15) is 0 Å². The molecule has 0 heterocycles. The molecular weight excluding hydrogens is 719 g/mol. The summed E-state index contributed by atoms with van der Waals surface area (Å²) in [6.07, 6.45) is 46.9. The smallest absolute Gasteiger partial charge is 0.463 e. The van der Waals surface area contributed by atoms with Gasteiger partial charge in [-0.05, 0) is 77.0 Å². The lowest BCUT2D eigenvalue weighted by molar-refractivity contribution is -0.147. The van der Waals surface area contributed by atoms with Gasteiger partial charge in [0.2, 0.25) is 0 Å². The molecule has 0 aromatic carbocycles. The van der Waals surface area contributed by atoms with Gasteiger partial charge >= 0.3 is 19.8 Å². The van der Waals surface area contributed by atoms with Crippen LogP contribution >= 0.6 is 7.82 Å². The van der Waals surface area contributed by atoms with Crippen LogP contribution in [0.25, 0.3) is 0 Å². The summed E-state index contributed by atoms with van der Waals surface area (Å²) in [5, 5.41) is 19.9. The maximum atomic E-state index is 12.1. The van der Waals surface area contributed by atoms with Gasteiger partial charge in [0.05, 0.1) is 13.2 Å². The normalized spacial score (nSPS) is 14.1. The Morgan fingerprint density at radius 2 is 0.745 bits per heavy atom. The van der Waals surface area contributed by atoms with Crippen LogP contribution in [-0.2, 0) is 32.7 Å². The molecule has 10 nitrogen and oxygen atoms in total. The van der Waals surface area contributed by atoms with Crippen molar-refractivity contribution >= 4 is 19.8 Å². The highest BCUT2D eigenvalue weighted by Gasteiger charge is 2.25. The Labute approximate surface area is 332 Å². The largest absolute Gasteiger partial charge is 0.472 e. The number of carbonyl (C=O) groups excluding carboxylic acids is 2. The Morgan fingerprint density at radius 3 is 1.04 bits per heavy atom. The second-order valence-electron chi connectivity index (χ2n) is 13.0. The van der Waals surface area contributed by atoms with E-state index in [-0.39, 0.29) is 12.8 Å². The Kier molecular flexibility index (Phi) is 36.9. The Balaban J connectivity index is 3.89. The average molecular weight is 791 g/mol. The molecule has 0 radical (unpaired) electrons. The molecule has 11 heteroatoms. The molecule has 0 aromatic heterocycles. The van der Waals surface area contributed by atoms with Gasteiger partial charge in [0, 0.05) is 12.8 Å². The Morgan fingerprint density at radius 1 is 0.473 bits per heavy atom. The number of esters is 2. The molecule has 0 aliphatic carbocycles. The van der Waals surface area contributed by atoms with Crippen molar-refractivity contribution in [3.63, 3.8) is 0 Å². The predicted molar refractivity (Wildman–Crippen MR) is 223 cm³/mol. The first-order chi connectivity index (χ1) is 26.7. The summed E-state index contributed by atoms with van der Waals surface area (Å²) in [7, 11) is -4.63. The fourth-order valence-electron chi connectivity index (χ4n) is 4.49. The zero-order valence-corrected chi connectivity index (χ0v) is 34.5. The second-order valence-corrected chi connectivity index (χ2v) is 14.4. The fraction of sp³-hybridized carbons (Fsp3) is 0.591. The highest BCUT2D eigenvalue weighted by molar-refractivity contribution is 7.47. The third-order valence-corrected chi connectivity index (χ3v) is 8.60. The Hall–Kier alpha value is -3.11. The van der Waals surface area contributed by atoms with Crippen LogP contribution in [0.4, 0.5) is 0 Å². The molecule has 0 spiro atoms. The van der Waals surface area contributed by atoms with Crippen molar-refractivity contribution < 1.29 is 47.8 Å². The summed E-state index contributed by atoms with van der Waals surface area (Å²) >= 11 is 0. The van der Waals surface area contributed by atoms with E-state index in [0.29, 0.717) is 25.7 Å². The SMILES string of the molecule is CCCC/C=C\C/C=C\C/C=C\C/C=C\CCCC(=O)OC[C@H](O)COP(=O)(O)OC[C@@H](O)COC(=O)CCC/C=C\C/C=C\C/C=C\C/C=C\CCCC. The Bertz CT molecular complexity index is 1140. The van der Waals surface area contributed by atoms with Gasteiger partial charge in [-0.3, -0.25) is 18.6 Å². The van der Waals surface area contributed by atoms with Crippen LogP contribution in [0, 0.1) is 0 Å². The van der Waals surface area contributed by atoms with Crippen LogP contribution in [0.5, 0.6) is 0 Å². The molecule has 312 valence electrons. The van der Waals surface area contributed by atoms with E-state index in [1.165, 1.54) is 25.7 Å². The van der Waals surface area contributed by atoms with E-state index >= 15 is 0 Å². The van der Waals surface area contributed by atoms with Crippen molar-refractivity contribution in [3.8, 4) is 0 Å². The molecule has 55 heavy (non-hydrogen) atoms. The molecular formula is C44H71O10P. The number of hydrogen-bond acceptors (Lipinski definition) is 9. The number of aliphatic hydroxyl groups excluding tert-OH is 2. The fourth-order valence-corrected chi connectivity index (χ4v) is 5.28. The molecule has 0 rings (SSSR count). The standard InChI is InChI=1S/C44H71O10P/c1-3-5-7-9-11-13-15-17-19-21-23-25-27-29-31-33-35-43(47)51-37-41(45)39-53-55(49,50)54-40-42(46)38-52-44(48)36-34-32-30-28-26-24-22-20-18-16-14-12-10-8-6-4-2/h9-12,15-18,21-24,27-30,41-42,45-46H,3-8,13-14,19-20,25-26,31-40H2,1-2H3,(H,49,50)/b11-9-,12-10-,17-15-,18-16-,23-21-,24-22-,29-27-,30-28-/t41-,42-/m0/s1. The van der Waals surface area contributed by atoms with Crippen molar-refractivity contribution in [1.29, 1.82) is 0 Å². The van der Waals surface area contributed by atoms with E-state index in [9.17, 15) is 29.3 Å². The zero-order chi connectivity index (χ0) is 40.5. The molecule has 0 aliphatic heterocycles. The van der Waals surface area contributed by atoms with Crippen LogP contribution < -0.4 is 0 Å². The minimum absolute atomic E-state index is 0.168. The van der Waals surface area contributed by atoms with Gasteiger partial charge < -0.3 is 24.6 Å². The van der Waals surface area contributed by atoms with Crippen LogP contribution in [-0.4, -0.2) is 65.7 Å². The van der Waals surface area contributed by atoms with Crippen molar-refractivity contribution in [2.75, 3.05) is 26.4 Å². The third kappa shape index (κ3) is 40.4. The van der Waals surface area contributed by atoms with Crippen molar-refractivity contribution in [1.82, 2.24) is 0 Å². The molecule has 0 bridgehead atoms. The van der Waals surface area contributed by atoms with E-state index < -0.39 is 58.4 Å². The number of aliphatic hydroxyl groups is 2. The minimum Gasteiger partial charge on any atom is -0.463 e. The number of ether oxygens (including phenoxy) is 2. The summed E-state index contributed by atoms with van der Waals surface area (Å²) in [5.41, 5.74) is 0. The van der Waals surface area contributed by atoms with E-state index in [0.717, 1.165) is 51.4 Å². The number of phosphoric ester groups is 1. The van der Waals surface area contributed by atoms with E-state index in [1.54, 1.807) is 0 Å². The summed E-state index contributed by atoms with van der Waals surface area (Å²) in [6.45, 7) is 2.30. The van der Waals surface area contributed by atoms with Crippen LogP contribution in [0.15, 0.2) is 97.2 Å². The summed E-state index contributed by atoms with van der Waals surface area (Å²) in [6, 6.07) is 0. The minimum atomic E-state index is -4.63. The van der Waals surface area contributed by atoms with Crippen molar-refractivity contribution in [3.05, 3.63) is 97.2 Å². The van der Waals surface area contributed by atoms with Crippen molar-refractivity contribution in [2.45, 2.75) is 142 Å². The quantitative estimate of drug-likeness (QED) is 0.0242. The topological polar surface area (TPSA) is 149 Å². The molecule has 0 amide bonds. The molecule has 0 fully saturated rings. The van der Waals surface area contributed by atoms with Crippen LogP contribution in [0.1, 0.15) is 129 Å². The van der Waals surface area contributed by atoms with Gasteiger partial charge in [0.25, 0.3) is 0 Å². The molecule has 0 aliphatic rings. The summed E-state index contributed by atoms with van der Waals surface area (Å²) in [4.78, 5) is 33.7. The number of unbranched alkanes of at least 4 members (excludes halogenated alkanes) is 6. The molecule has 2 atom stereocenters. The third-order valence-electron chi connectivity index (χ3n) is 7.65. The lowest BCUT2D eigenvalue weighted by Gasteiger charge is -2.17. The van der Waals surface area contributed by atoms with Crippen LogP contribution in [0.3, 0.4) is 0 Å². The van der Waals surface area contributed by atoms with Gasteiger partial charge in [-0.15, -0.1) is 0 Å². The second kappa shape index (κ2) is 39.1. The average Bonchev–Trinajstić information content (AvgIpc) is 3.17. The highest BCUT2D eigenvalue weighted by Crippen LogP contribution is 2.43. The van der Waals surface area contributed by atoms with Gasteiger partial charge in [0.15, 0.2) is 0 Å². The first kappa shape index (κ1) is 51.9. The van der Waals surface area contributed by atoms with Crippen molar-refractivity contribution in [2.24, 2.45) is 0 Å². The number of hydrogen-bond donors (Lipinski definition) is 3. The van der Waals surface area contributed by atoms with Crippen LogP contribution in [0.2, 0.25) is 0 Å². The first-order valence-corrected chi connectivity index (χ1v) is 21.7. The lowest BCUT2D eigenvalue weighted by Crippen LogP contribution is -2.25. The van der Waals surface area contributed by atoms with Gasteiger partial charge in [-0.25, -0.2) is 4.57 Å². The number of carbonyl (C=O) groups is 2. The van der Waals surface area contributed by atoms with E-state index in [1.807, 2.05) is 24.3 Å². The number of phosphoric acid groups is 1. The monoisotopic (exact) mass is 790 g/mol. The van der Waals surface area contributed by atoms with Gasteiger partial charge in [0.1, 0.15) is 25.4 Å². The number of rotatable bonds is 36. The van der Waals surface area contributed by atoms with E-state index in [2.05, 4.69) is 86.8 Å². The molecule has 3 N–H and O–H groups in total. The van der Waals surface area contributed by atoms with Gasteiger partial charge in [-0.1, -0.05) is 137 Å². The summed E-state index contributed by atoms with van der Waals surface area (Å²) in [5.74, 6) is -0.999. The maximum Gasteiger partial charge on any atom is 0.472 e.